The SMILES string of the molecule is Cc1cnc(CCNC(=O)NC(C)(C)C)n1C1CCC1. The van der Waals surface area contributed by atoms with Crippen molar-refractivity contribution in [3.8, 4) is 0 Å². The molecule has 5 nitrogen and oxygen atoms in total. The predicted molar refractivity (Wildman–Crippen MR) is 79.8 cm³/mol. The van der Waals surface area contributed by atoms with Crippen molar-refractivity contribution in [2.45, 2.75) is 65.0 Å². The van der Waals surface area contributed by atoms with Gasteiger partial charge in [-0.3, -0.25) is 0 Å². The van der Waals surface area contributed by atoms with Crippen LogP contribution in [-0.2, 0) is 6.42 Å². The summed E-state index contributed by atoms with van der Waals surface area (Å²) in [6.45, 7) is 8.64. The molecule has 2 amide bonds. The average Bonchev–Trinajstić information content (AvgIpc) is 2.57. The number of carbonyl (C=O) groups is 1. The first-order valence-corrected chi connectivity index (χ1v) is 7.45. The van der Waals surface area contributed by atoms with Crippen molar-refractivity contribution in [1.29, 1.82) is 0 Å². The normalized spacial score (nSPS) is 15.8. The van der Waals surface area contributed by atoms with Gasteiger partial charge < -0.3 is 15.2 Å². The van der Waals surface area contributed by atoms with Crippen LogP contribution in [0.3, 0.4) is 0 Å². The van der Waals surface area contributed by atoms with Crippen LogP contribution in [-0.4, -0.2) is 27.7 Å². The first-order chi connectivity index (χ1) is 9.37. The van der Waals surface area contributed by atoms with Gasteiger partial charge in [-0.1, -0.05) is 0 Å². The lowest BCUT2D eigenvalue weighted by atomic mass is 9.92. The van der Waals surface area contributed by atoms with E-state index in [-0.39, 0.29) is 11.6 Å². The van der Waals surface area contributed by atoms with E-state index in [0.29, 0.717) is 12.6 Å². The standard InChI is InChI=1S/C15H26N4O/c1-11-10-17-13(19(11)12-6-5-7-12)8-9-16-14(20)18-15(2,3)4/h10,12H,5-9H2,1-4H3,(H2,16,18,20). The van der Waals surface area contributed by atoms with E-state index >= 15 is 0 Å². The molecule has 1 aliphatic rings. The minimum absolute atomic E-state index is 0.115. The van der Waals surface area contributed by atoms with Crippen LogP contribution in [0.2, 0.25) is 0 Å². The van der Waals surface area contributed by atoms with Crippen molar-refractivity contribution >= 4 is 6.03 Å². The number of nitrogens with one attached hydrogen (secondary N) is 2. The van der Waals surface area contributed by atoms with Gasteiger partial charge in [-0.05, 0) is 47.0 Å². The first kappa shape index (κ1) is 14.9. The van der Waals surface area contributed by atoms with Crippen LogP contribution in [0.25, 0.3) is 0 Å². The second-order valence-corrected chi connectivity index (χ2v) is 6.65. The van der Waals surface area contributed by atoms with Gasteiger partial charge in [-0.2, -0.15) is 0 Å². The molecule has 112 valence electrons. The highest BCUT2D eigenvalue weighted by molar-refractivity contribution is 5.74. The highest BCUT2D eigenvalue weighted by atomic mass is 16.2. The Morgan fingerprint density at radius 2 is 2.15 bits per heavy atom. The van der Waals surface area contributed by atoms with Crippen LogP contribution in [0, 0.1) is 6.92 Å². The van der Waals surface area contributed by atoms with Crippen molar-refractivity contribution in [2.24, 2.45) is 0 Å². The quantitative estimate of drug-likeness (QED) is 0.889. The van der Waals surface area contributed by atoms with E-state index in [9.17, 15) is 4.79 Å². The lowest BCUT2D eigenvalue weighted by Crippen LogP contribution is -2.46. The Balaban J connectivity index is 1.84. The zero-order valence-electron chi connectivity index (χ0n) is 13.0. The molecule has 2 rings (SSSR count). The third-order valence-corrected chi connectivity index (χ3v) is 3.62. The largest absolute Gasteiger partial charge is 0.338 e. The van der Waals surface area contributed by atoms with E-state index in [1.807, 2.05) is 27.0 Å². The van der Waals surface area contributed by atoms with Crippen LogP contribution in [0.15, 0.2) is 6.20 Å². The molecule has 0 radical (unpaired) electrons. The van der Waals surface area contributed by atoms with Gasteiger partial charge in [-0.15, -0.1) is 0 Å². The maximum atomic E-state index is 11.7. The summed E-state index contributed by atoms with van der Waals surface area (Å²) in [5, 5.41) is 5.79. The molecule has 1 saturated carbocycles. The number of nitrogens with zero attached hydrogens (tertiary/aromatic N) is 2. The van der Waals surface area contributed by atoms with E-state index in [1.165, 1.54) is 25.0 Å². The molecular weight excluding hydrogens is 252 g/mol. The minimum Gasteiger partial charge on any atom is -0.338 e. The monoisotopic (exact) mass is 278 g/mol. The lowest BCUT2D eigenvalue weighted by Gasteiger charge is -2.29. The van der Waals surface area contributed by atoms with Crippen molar-refractivity contribution in [2.75, 3.05) is 6.54 Å². The molecule has 0 aromatic carbocycles. The van der Waals surface area contributed by atoms with Gasteiger partial charge in [-0.25, -0.2) is 9.78 Å². The van der Waals surface area contributed by atoms with E-state index in [2.05, 4.69) is 27.1 Å². The summed E-state index contributed by atoms with van der Waals surface area (Å²) >= 11 is 0. The first-order valence-electron chi connectivity index (χ1n) is 7.45. The van der Waals surface area contributed by atoms with Gasteiger partial charge in [0, 0.05) is 36.4 Å². The molecule has 1 fully saturated rings. The summed E-state index contributed by atoms with van der Waals surface area (Å²) in [6, 6.07) is 0.506. The number of aryl methyl sites for hydroxylation is 1. The summed E-state index contributed by atoms with van der Waals surface area (Å²) < 4.78 is 2.34. The van der Waals surface area contributed by atoms with Gasteiger partial charge in [0.05, 0.1) is 0 Å². The predicted octanol–water partition coefficient (Wildman–Crippen LogP) is 2.56. The Labute approximate surface area is 121 Å². The lowest BCUT2D eigenvalue weighted by molar-refractivity contribution is 0.232. The van der Waals surface area contributed by atoms with E-state index in [4.69, 9.17) is 0 Å². The number of hydrogen-bond acceptors (Lipinski definition) is 2. The van der Waals surface area contributed by atoms with Crippen molar-refractivity contribution in [3.05, 3.63) is 17.7 Å². The fourth-order valence-electron chi connectivity index (χ4n) is 2.50. The van der Waals surface area contributed by atoms with E-state index in [0.717, 1.165) is 12.2 Å². The molecule has 0 saturated heterocycles. The Morgan fingerprint density at radius 3 is 2.70 bits per heavy atom. The molecule has 5 heteroatoms. The Bertz CT molecular complexity index is 469. The fourth-order valence-corrected chi connectivity index (χ4v) is 2.50. The summed E-state index contributed by atoms with van der Waals surface area (Å²) in [5.41, 5.74) is 1.02. The molecule has 1 aromatic heterocycles. The molecule has 1 heterocycles. The second-order valence-electron chi connectivity index (χ2n) is 6.65. The van der Waals surface area contributed by atoms with Crippen molar-refractivity contribution < 1.29 is 4.79 Å². The number of hydrogen-bond donors (Lipinski definition) is 2. The molecular formula is C15H26N4O. The van der Waals surface area contributed by atoms with Crippen LogP contribution >= 0.6 is 0 Å². The molecule has 0 bridgehead atoms. The molecule has 0 atom stereocenters. The maximum Gasteiger partial charge on any atom is 0.315 e. The van der Waals surface area contributed by atoms with Crippen LogP contribution in [0.5, 0.6) is 0 Å². The van der Waals surface area contributed by atoms with Gasteiger partial charge in [0.15, 0.2) is 0 Å². The van der Waals surface area contributed by atoms with Gasteiger partial charge >= 0.3 is 6.03 Å². The summed E-state index contributed by atoms with van der Waals surface area (Å²) in [4.78, 5) is 16.2. The Morgan fingerprint density at radius 1 is 1.45 bits per heavy atom. The zero-order chi connectivity index (χ0) is 14.8. The molecule has 0 spiro atoms. The molecule has 20 heavy (non-hydrogen) atoms. The number of aromatic nitrogens is 2. The summed E-state index contributed by atoms with van der Waals surface area (Å²) in [6.07, 6.45) is 6.53. The molecule has 2 N–H and O–H groups in total. The maximum absolute atomic E-state index is 11.7. The summed E-state index contributed by atoms with van der Waals surface area (Å²) in [7, 11) is 0. The minimum atomic E-state index is -0.203. The van der Waals surface area contributed by atoms with Gasteiger partial charge in [0.1, 0.15) is 5.82 Å². The molecule has 0 unspecified atom stereocenters. The average molecular weight is 278 g/mol. The number of amides is 2. The van der Waals surface area contributed by atoms with Gasteiger partial charge in [0.25, 0.3) is 0 Å². The number of carbonyl (C=O) groups excluding carboxylic acids is 1. The van der Waals surface area contributed by atoms with Crippen molar-refractivity contribution in [3.63, 3.8) is 0 Å². The van der Waals surface area contributed by atoms with Gasteiger partial charge in [0.2, 0.25) is 0 Å². The van der Waals surface area contributed by atoms with Crippen LogP contribution in [0.1, 0.15) is 57.6 Å². The Hall–Kier alpha value is -1.52. The third-order valence-electron chi connectivity index (χ3n) is 3.62. The van der Waals surface area contributed by atoms with E-state index in [1.54, 1.807) is 0 Å². The Kier molecular flexibility index (Phi) is 4.35. The smallest absolute Gasteiger partial charge is 0.315 e. The van der Waals surface area contributed by atoms with Crippen LogP contribution < -0.4 is 10.6 Å². The number of urea groups is 1. The number of rotatable bonds is 4. The molecule has 1 aromatic rings. The van der Waals surface area contributed by atoms with E-state index < -0.39 is 0 Å². The molecule has 0 aliphatic heterocycles. The third kappa shape index (κ3) is 3.74. The zero-order valence-corrected chi connectivity index (χ0v) is 13.0. The second kappa shape index (κ2) is 5.85. The van der Waals surface area contributed by atoms with Crippen LogP contribution in [0.4, 0.5) is 4.79 Å². The number of imidazole rings is 1. The highest BCUT2D eigenvalue weighted by Crippen LogP contribution is 2.33. The topological polar surface area (TPSA) is 59.0 Å². The summed E-state index contributed by atoms with van der Waals surface area (Å²) in [5.74, 6) is 1.09. The highest BCUT2D eigenvalue weighted by Gasteiger charge is 2.23. The molecule has 1 aliphatic carbocycles. The fraction of sp³-hybridized carbons (Fsp3) is 0.733. The van der Waals surface area contributed by atoms with Crippen molar-refractivity contribution in [1.82, 2.24) is 20.2 Å².